The molecule has 0 radical (unpaired) electrons. The Labute approximate surface area is 140 Å². The van der Waals surface area contributed by atoms with Gasteiger partial charge in [-0.1, -0.05) is 13.3 Å². The van der Waals surface area contributed by atoms with Crippen molar-refractivity contribution in [2.75, 3.05) is 27.2 Å². The number of amides is 1. The van der Waals surface area contributed by atoms with Crippen molar-refractivity contribution in [1.82, 2.24) is 9.21 Å². The monoisotopic (exact) mass is 340 g/mol. The average Bonchev–Trinajstić information content (AvgIpc) is 2.49. The summed E-state index contributed by atoms with van der Waals surface area (Å²) >= 11 is 0. The van der Waals surface area contributed by atoms with Crippen molar-refractivity contribution in [3.05, 3.63) is 28.8 Å². The molecule has 0 heterocycles. The third-order valence-corrected chi connectivity index (χ3v) is 6.02. The van der Waals surface area contributed by atoms with Crippen LogP contribution in [0.3, 0.4) is 0 Å². The largest absolute Gasteiger partial charge is 0.339 e. The van der Waals surface area contributed by atoms with Gasteiger partial charge >= 0.3 is 0 Å². The fourth-order valence-corrected chi connectivity index (χ4v) is 3.57. The van der Waals surface area contributed by atoms with E-state index in [1.807, 2.05) is 13.8 Å². The minimum Gasteiger partial charge on any atom is -0.339 e. The summed E-state index contributed by atoms with van der Waals surface area (Å²) in [4.78, 5) is 14.7. The van der Waals surface area contributed by atoms with Crippen LogP contribution in [0.25, 0.3) is 0 Å². The molecule has 23 heavy (non-hydrogen) atoms. The smallest absolute Gasteiger partial charge is 0.253 e. The summed E-state index contributed by atoms with van der Waals surface area (Å²) in [5.41, 5.74) is 1.93. The number of rotatable bonds is 7. The Morgan fingerprint density at radius 1 is 1.13 bits per heavy atom. The third-order valence-electron chi connectivity index (χ3n) is 4.08. The standard InChI is InChI=1S/C17H28N2O3S/c1-7-9-10-19(8-2)17(20)15-11-13(3)14(4)16(12-15)23(21,22)18(5)6/h11-12H,7-10H2,1-6H3. The molecule has 0 aliphatic rings. The van der Waals surface area contributed by atoms with Crippen LogP contribution in [0.5, 0.6) is 0 Å². The minimum absolute atomic E-state index is 0.112. The molecule has 0 unspecified atom stereocenters. The molecule has 0 N–H and O–H groups in total. The predicted molar refractivity (Wildman–Crippen MR) is 93.3 cm³/mol. The Bertz CT molecular complexity index is 667. The Hall–Kier alpha value is -1.40. The zero-order chi connectivity index (χ0) is 17.8. The van der Waals surface area contributed by atoms with Gasteiger partial charge in [-0.25, -0.2) is 12.7 Å². The maximum absolute atomic E-state index is 12.7. The normalized spacial score (nSPS) is 11.8. The molecule has 0 atom stereocenters. The van der Waals surface area contributed by atoms with E-state index in [0.717, 1.165) is 18.4 Å². The van der Waals surface area contributed by atoms with Gasteiger partial charge in [0.25, 0.3) is 5.91 Å². The van der Waals surface area contributed by atoms with E-state index in [1.54, 1.807) is 17.9 Å². The van der Waals surface area contributed by atoms with Gasteiger partial charge < -0.3 is 4.90 Å². The highest BCUT2D eigenvalue weighted by molar-refractivity contribution is 7.89. The molecular weight excluding hydrogens is 312 g/mol. The van der Waals surface area contributed by atoms with E-state index in [2.05, 4.69) is 6.92 Å². The summed E-state index contributed by atoms with van der Waals surface area (Å²) in [7, 11) is -0.576. The van der Waals surface area contributed by atoms with E-state index >= 15 is 0 Å². The lowest BCUT2D eigenvalue weighted by atomic mass is 10.1. The fourth-order valence-electron chi connectivity index (χ4n) is 2.35. The summed E-state index contributed by atoms with van der Waals surface area (Å²) in [5, 5.41) is 0. The van der Waals surface area contributed by atoms with Gasteiger partial charge in [-0.15, -0.1) is 0 Å². The first-order chi connectivity index (χ1) is 10.7. The number of hydrogen-bond acceptors (Lipinski definition) is 3. The van der Waals surface area contributed by atoms with Gasteiger partial charge in [-0.05, 0) is 50.5 Å². The first-order valence-corrected chi connectivity index (χ1v) is 9.43. The second-order valence-corrected chi connectivity index (χ2v) is 8.06. The molecule has 0 fully saturated rings. The molecule has 1 amide bonds. The Balaban J connectivity index is 3.34. The van der Waals surface area contributed by atoms with Crippen LogP contribution in [0.1, 0.15) is 48.2 Å². The van der Waals surface area contributed by atoms with Crippen molar-refractivity contribution >= 4 is 15.9 Å². The van der Waals surface area contributed by atoms with Gasteiger partial charge in [0, 0.05) is 32.7 Å². The van der Waals surface area contributed by atoms with Crippen LogP contribution >= 0.6 is 0 Å². The first-order valence-electron chi connectivity index (χ1n) is 7.99. The molecule has 0 saturated heterocycles. The van der Waals surface area contributed by atoms with Crippen molar-refractivity contribution in [2.45, 2.75) is 45.4 Å². The number of carbonyl (C=O) groups excluding carboxylic acids is 1. The maximum atomic E-state index is 12.7. The van der Waals surface area contributed by atoms with E-state index in [1.165, 1.54) is 24.5 Å². The molecule has 130 valence electrons. The average molecular weight is 340 g/mol. The van der Waals surface area contributed by atoms with Crippen molar-refractivity contribution < 1.29 is 13.2 Å². The van der Waals surface area contributed by atoms with Gasteiger partial charge in [0.15, 0.2) is 0 Å². The van der Waals surface area contributed by atoms with Crippen LogP contribution in [0.2, 0.25) is 0 Å². The molecule has 1 rings (SSSR count). The summed E-state index contributed by atoms with van der Waals surface area (Å²) < 4.78 is 26.2. The molecule has 0 bridgehead atoms. The van der Waals surface area contributed by atoms with Crippen molar-refractivity contribution in [2.24, 2.45) is 0 Å². The van der Waals surface area contributed by atoms with Crippen LogP contribution in [-0.2, 0) is 10.0 Å². The number of unbranched alkanes of at least 4 members (excludes halogenated alkanes) is 1. The SMILES string of the molecule is CCCCN(CC)C(=O)c1cc(C)c(C)c(S(=O)(=O)N(C)C)c1. The van der Waals surface area contributed by atoms with Gasteiger partial charge in [0.05, 0.1) is 4.90 Å². The van der Waals surface area contributed by atoms with E-state index in [9.17, 15) is 13.2 Å². The molecule has 5 nitrogen and oxygen atoms in total. The van der Waals surface area contributed by atoms with Crippen LogP contribution in [-0.4, -0.2) is 50.7 Å². The minimum atomic E-state index is -3.57. The molecule has 6 heteroatoms. The van der Waals surface area contributed by atoms with Crippen molar-refractivity contribution in [3.8, 4) is 0 Å². The Morgan fingerprint density at radius 2 is 1.74 bits per heavy atom. The summed E-state index contributed by atoms with van der Waals surface area (Å²) in [6.07, 6.45) is 1.95. The summed E-state index contributed by atoms with van der Waals surface area (Å²) in [6.45, 7) is 8.93. The lowest BCUT2D eigenvalue weighted by molar-refractivity contribution is 0.0762. The van der Waals surface area contributed by atoms with E-state index in [0.29, 0.717) is 24.2 Å². The van der Waals surface area contributed by atoms with Crippen LogP contribution in [0, 0.1) is 13.8 Å². The van der Waals surface area contributed by atoms with E-state index in [4.69, 9.17) is 0 Å². The molecular formula is C17H28N2O3S. The second kappa shape index (κ2) is 7.93. The summed E-state index contributed by atoms with van der Waals surface area (Å²) in [6, 6.07) is 3.29. The van der Waals surface area contributed by atoms with Crippen molar-refractivity contribution in [3.63, 3.8) is 0 Å². The quantitative estimate of drug-likeness (QED) is 0.767. The lowest BCUT2D eigenvalue weighted by Gasteiger charge is -2.22. The zero-order valence-electron chi connectivity index (χ0n) is 15.0. The highest BCUT2D eigenvalue weighted by Crippen LogP contribution is 2.24. The van der Waals surface area contributed by atoms with Crippen LogP contribution in [0.4, 0.5) is 0 Å². The zero-order valence-corrected chi connectivity index (χ0v) is 15.8. The third kappa shape index (κ3) is 4.32. The number of benzene rings is 1. The van der Waals surface area contributed by atoms with Crippen molar-refractivity contribution in [1.29, 1.82) is 0 Å². The maximum Gasteiger partial charge on any atom is 0.253 e. The van der Waals surface area contributed by atoms with Crippen LogP contribution < -0.4 is 0 Å². The second-order valence-electron chi connectivity index (χ2n) is 5.94. The van der Waals surface area contributed by atoms with Crippen LogP contribution in [0.15, 0.2) is 17.0 Å². The first kappa shape index (κ1) is 19.6. The van der Waals surface area contributed by atoms with Gasteiger partial charge in [0.2, 0.25) is 10.0 Å². The number of aryl methyl sites for hydroxylation is 1. The highest BCUT2D eigenvalue weighted by atomic mass is 32.2. The highest BCUT2D eigenvalue weighted by Gasteiger charge is 2.24. The van der Waals surface area contributed by atoms with Gasteiger partial charge in [-0.2, -0.15) is 0 Å². The molecule has 0 spiro atoms. The number of hydrogen-bond donors (Lipinski definition) is 0. The predicted octanol–water partition coefficient (Wildman–Crippen LogP) is 2.82. The lowest BCUT2D eigenvalue weighted by Crippen LogP contribution is -2.32. The Morgan fingerprint density at radius 3 is 2.22 bits per heavy atom. The fraction of sp³-hybridized carbons (Fsp3) is 0.588. The Kier molecular flexibility index (Phi) is 6.77. The number of carbonyl (C=O) groups is 1. The van der Waals surface area contributed by atoms with E-state index < -0.39 is 10.0 Å². The van der Waals surface area contributed by atoms with Gasteiger partial charge in [-0.3, -0.25) is 4.79 Å². The number of nitrogens with zero attached hydrogens (tertiary/aromatic N) is 2. The molecule has 0 aliphatic carbocycles. The van der Waals surface area contributed by atoms with E-state index in [-0.39, 0.29) is 10.8 Å². The molecule has 1 aromatic carbocycles. The molecule has 0 saturated carbocycles. The van der Waals surface area contributed by atoms with Gasteiger partial charge in [0.1, 0.15) is 0 Å². The topological polar surface area (TPSA) is 57.7 Å². The molecule has 0 aliphatic heterocycles. The number of sulfonamides is 1. The summed E-state index contributed by atoms with van der Waals surface area (Å²) in [5.74, 6) is -0.112. The molecule has 1 aromatic rings. The molecule has 0 aromatic heterocycles.